The molecule has 7 nitrogen and oxygen atoms in total. The third kappa shape index (κ3) is 4.35. The molecule has 0 amide bonds. The molecule has 0 unspecified atom stereocenters. The molecule has 0 saturated carbocycles. The third-order valence-corrected chi connectivity index (χ3v) is 6.42. The number of nitrogens with zero attached hydrogens (tertiary/aromatic N) is 2. The van der Waals surface area contributed by atoms with Gasteiger partial charge in [0, 0.05) is 12.8 Å². The molecule has 0 aliphatic carbocycles. The van der Waals surface area contributed by atoms with E-state index in [4.69, 9.17) is 10.2 Å². The van der Waals surface area contributed by atoms with Gasteiger partial charge in [-0.15, -0.1) is 0 Å². The fourth-order valence-corrected chi connectivity index (χ4v) is 4.87. The summed E-state index contributed by atoms with van der Waals surface area (Å²) in [4.78, 5) is 34.6. The van der Waals surface area contributed by atoms with Crippen molar-refractivity contribution in [3.05, 3.63) is 69.6 Å². The minimum atomic E-state index is -0.865. The van der Waals surface area contributed by atoms with E-state index in [-0.39, 0.29) is 12.8 Å². The number of hydrogen-bond donors (Lipinski definition) is 2. The number of carbonyl (C=O) groups is 2. The Morgan fingerprint density at radius 1 is 0.882 bits per heavy atom. The first-order chi connectivity index (χ1) is 16.3. The van der Waals surface area contributed by atoms with E-state index in [1.165, 1.54) is 0 Å². The van der Waals surface area contributed by atoms with Crippen molar-refractivity contribution in [2.75, 3.05) is 0 Å². The molecule has 3 aromatic heterocycles. The maximum atomic E-state index is 12.3. The van der Waals surface area contributed by atoms with Crippen LogP contribution in [0.3, 0.4) is 0 Å². The molecule has 0 bridgehead atoms. The predicted octanol–water partition coefficient (Wildman–Crippen LogP) is 3.60. The second-order valence-corrected chi connectivity index (χ2v) is 8.88. The van der Waals surface area contributed by atoms with Crippen LogP contribution in [0.2, 0.25) is 0 Å². The molecule has 0 fully saturated rings. The van der Waals surface area contributed by atoms with Crippen molar-refractivity contribution in [3.8, 4) is 0 Å². The van der Waals surface area contributed by atoms with Gasteiger partial charge in [-0.3, -0.25) is 14.0 Å². The lowest BCUT2D eigenvalue weighted by Gasteiger charge is -2.11. The Morgan fingerprint density at radius 3 is 2.09 bits per heavy atom. The summed E-state index contributed by atoms with van der Waals surface area (Å²) in [6, 6.07) is 12.2. The molecule has 0 atom stereocenters. The minimum Gasteiger partial charge on any atom is -0.481 e. The number of aromatic nitrogens is 2. The number of hydrogen-bond acceptors (Lipinski definition) is 3. The number of rotatable bonds is 10. The number of imidazole rings is 1. The zero-order valence-electron chi connectivity index (χ0n) is 19.4. The quantitative estimate of drug-likeness (QED) is 0.377. The molecule has 0 radical (unpaired) electrons. The number of aryl methyl sites for hydroxylation is 4. The Labute approximate surface area is 196 Å². The number of benzene rings is 1. The third-order valence-electron chi connectivity index (χ3n) is 6.42. The zero-order chi connectivity index (χ0) is 24.4. The fraction of sp³-hybridized carbons (Fsp3) is 0.333. The van der Waals surface area contributed by atoms with E-state index in [1.807, 2.05) is 54.8 Å². The lowest BCUT2D eigenvalue weighted by Crippen LogP contribution is -2.20. The molecule has 0 aliphatic heterocycles. The molecule has 176 valence electrons. The molecular weight excluding hydrogens is 432 g/mol. The predicted molar refractivity (Wildman–Crippen MR) is 129 cm³/mol. The Balaban J connectivity index is 1.93. The second kappa shape index (κ2) is 9.57. The van der Waals surface area contributed by atoms with Crippen LogP contribution in [-0.4, -0.2) is 37.1 Å². The average Bonchev–Trinajstić information content (AvgIpc) is 3.26. The summed E-state index contributed by atoms with van der Waals surface area (Å²) < 4.78 is 4.06. The van der Waals surface area contributed by atoms with Gasteiger partial charge in [0.15, 0.2) is 11.3 Å². The van der Waals surface area contributed by atoms with Crippen LogP contribution in [0.5, 0.6) is 0 Å². The van der Waals surface area contributed by atoms with Gasteiger partial charge in [-0.25, -0.2) is 4.79 Å². The Morgan fingerprint density at radius 2 is 1.50 bits per heavy atom. The molecule has 3 heterocycles. The highest BCUT2D eigenvalue weighted by Crippen LogP contribution is 2.31. The van der Waals surface area contributed by atoms with Gasteiger partial charge in [-0.1, -0.05) is 35.9 Å². The van der Waals surface area contributed by atoms with Crippen LogP contribution in [0, 0.1) is 13.8 Å². The summed E-state index contributed by atoms with van der Waals surface area (Å²) in [6.07, 6.45) is 2.02. The van der Waals surface area contributed by atoms with Crippen molar-refractivity contribution in [2.45, 2.75) is 58.9 Å². The van der Waals surface area contributed by atoms with E-state index in [9.17, 15) is 14.4 Å². The number of pyridine rings is 1. The standard InChI is InChI=1S/C27H28N2O5/c1-17-9-12-19(13-10-17)15-28-23(16-30)26-21(6-4-8-25(33)34)20(5-3-7-24(31)32)22-14-11-18(2)27(28)29(22)26/h9-14H,3-8,15H2,1-2H3,(H,31,32)(H,33,34). The highest BCUT2D eigenvalue weighted by molar-refractivity contribution is 5.84. The maximum absolute atomic E-state index is 12.3. The molecule has 0 saturated heterocycles. The minimum absolute atomic E-state index is 0.0271. The monoisotopic (exact) mass is 460 g/mol. The van der Waals surface area contributed by atoms with Gasteiger partial charge in [-0.05, 0) is 67.9 Å². The van der Waals surface area contributed by atoms with Gasteiger partial charge in [-0.2, -0.15) is 0 Å². The van der Waals surface area contributed by atoms with Gasteiger partial charge < -0.3 is 14.8 Å². The van der Waals surface area contributed by atoms with E-state index in [2.05, 4.69) is 10.3 Å². The van der Waals surface area contributed by atoms with Crippen molar-refractivity contribution in [2.24, 2.45) is 0 Å². The van der Waals surface area contributed by atoms with Gasteiger partial charge in [0.05, 0.1) is 17.6 Å². The van der Waals surface area contributed by atoms with Gasteiger partial charge in [0.25, 0.3) is 0 Å². The number of carboxylic acid groups (broad SMARTS) is 2. The van der Waals surface area contributed by atoms with Crippen molar-refractivity contribution < 1.29 is 24.6 Å². The lowest BCUT2D eigenvalue weighted by molar-refractivity contribution is -0.138. The molecule has 4 rings (SSSR count). The van der Waals surface area contributed by atoms with Gasteiger partial charge in [0.2, 0.25) is 0 Å². The second-order valence-electron chi connectivity index (χ2n) is 8.88. The number of carboxylic acids is 2. The van der Waals surface area contributed by atoms with E-state index in [0.29, 0.717) is 37.6 Å². The fourth-order valence-electron chi connectivity index (χ4n) is 4.87. The summed E-state index contributed by atoms with van der Waals surface area (Å²) in [5.41, 5.74) is 7.73. The van der Waals surface area contributed by atoms with Crippen molar-refractivity contribution in [1.29, 1.82) is 0 Å². The topological polar surface area (TPSA) is 101 Å². The molecular formula is C27H28N2O5. The van der Waals surface area contributed by atoms with Gasteiger partial charge in [0.1, 0.15) is 5.65 Å². The first kappa shape index (κ1) is 23.3. The van der Waals surface area contributed by atoms with Crippen LogP contribution in [0.15, 0.2) is 36.4 Å². The summed E-state index contributed by atoms with van der Waals surface area (Å²) >= 11 is 0. The summed E-state index contributed by atoms with van der Waals surface area (Å²) in [5, 5.41) is 18.7. The van der Waals surface area contributed by atoms with Crippen molar-refractivity contribution >= 4 is 34.6 Å². The van der Waals surface area contributed by atoms with Crippen molar-refractivity contribution in [3.63, 3.8) is 0 Å². The van der Waals surface area contributed by atoms with E-state index < -0.39 is 11.9 Å². The summed E-state index contributed by atoms with van der Waals surface area (Å²) in [6.45, 7) is 4.54. The van der Waals surface area contributed by atoms with Gasteiger partial charge >= 0.3 is 11.9 Å². The first-order valence-electron chi connectivity index (χ1n) is 11.5. The average molecular weight is 461 g/mol. The Kier molecular flexibility index (Phi) is 6.57. The highest BCUT2D eigenvalue weighted by Gasteiger charge is 2.23. The summed E-state index contributed by atoms with van der Waals surface area (Å²) in [5.74, 6) is 0.454. The van der Waals surface area contributed by atoms with Crippen molar-refractivity contribution in [1.82, 2.24) is 8.97 Å². The molecule has 4 aromatic rings. The summed E-state index contributed by atoms with van der Waals surface area (Å²) in [7, 11) is 0. The van der Waals surface area contributed by atoms with Crippen LogP contribution in [0.25, 0.3) is 16.7 Å². The smallest absolute Gasteiger partial charge is 0.303 e. The number of aliphatic carboxylic acids is 2. The molecule has 7 heteroatoms. The van der Waals surface area contributed by atoms with Crippen LogP contribution >= 0.6 is 0 Å². The molecule has 0 aliphatic rings. The van der Waals surface area contributed by atoms with E-state index in [1.54, 1.807) is 0 Å². The molecule has 34 heavy (non-hydrogen) atoms. The molecule has 1 aromatic carbocycles. The van der Waals surface area contributed by atoms with Crippen LogP contribution in [-0.2, 0) is 33.8 Å². The normalized spacial score (nSPS) is 11.4. The zero-order valence-corrected chi connectivity index (χ0v) is 19.4. The number of carbonyl (C=O) groups excluding carboxylic acids is 1. The first-order valence-corrected chi connectivity index (χ1v) is 11.5. The van der Waals surface area contributed by atoms with E-state index >= 15 is 0 Å². The SMILES string of the molecule is Cc1ccc(Cn2c(=C=O)c3c(CCCC(=O)O)c(CCCC(=O)O)c4ccc(C)c2n43)cc1. The molecule has 0 spiro atoms. The largest absolute Gasteiger partial charge is 0.481 e. The Hall–Kier alpha value is -3.83. The van der Waals surface area contributed by atoms with Crippen LogP contribution in [0.4, 0.5) is 0 Å². The Bertz CT molecular complexity index is 1450. The van der Waals surface area contributed by atoms with E-state index in [0.717, 1.165) is 44.5 Å². The lowest BCUT2D eigenvalue weighted by atomic mass is 9.99. The maximum Gasteiger partial charge on any atom is 0.303 e. The van der Waals surface area contributed by atoms with Crippen LogP contribution < -0.4 is 5.35 Å². The highest BCUT2D eigenvalue weighted by atomic mass is 16.4. The van der Waals surface area contributed by atoms with Crippen LogP contribution in [0.1, 0.15) is 53.5 Å². The molecule has 2 N–H and O–H groups in total.